The summed E-state index contributed by atoms with van der Waals surface area (Å²) in [6.45, 7) is 4.57. The predicted molar refractivity (Wildman–Crippen MR) is 114 cm³/mol. The van der Waals surface area contributed by atoms with Crippen LogP contribution >= 0.6 is 23.8 Å². The van der Waals surface area contributed by atoms with Crippen LogP contribution in [-0.4, -0.2) is 55.3 Å². The highest BCUT2D eigenvalue weighted by molar-refractivity contribution is 7.80. The van der Waals surface area contributed by atoms with Crippen molar-refractivity contribution >= 4 is 34.6 Å². The summed E-state index contributed by atoms with van der Waals surface area (Å²) in [5, 5.41) is 4.79. The molecule has 0 aliphatic carbocycles. The van der Waals surface area contributed by atoms with Gasteiger partial charge in [-0.25, -0.2) is 0 Å². The molecule has 1 aliphatic rings. The molecule has 27 heavy (non-hydrogen) atoms. The summed E-state index contributed by atoms with van der Waals surface area (Å²) in [7, 11) is 3.27. The average molecular weight is 406 g/mol. The van der Waals surface area contributed by atoms with Crippen molar-refractivity contribution in [3.8, 4) is 11.5 Å². The third-order valence-corrected chi connectivity index (χ3v) is 5.20. The molecule has 0 spiro atoms. The van der Waals surface area contributed by atoms with Crippen molar-refractivity contribution in [1.29, 1.82) is 0 Å². The number of hydrogen-bond acceptors (Lipinski definition) is 4. The number of anilines is 1. The second-order valence-corrected chi connectivity index (χ2v) is 7.21. The van der Waals surface area contributed by atoms with E-state index in [9.17, 15) is 0 Å². The molecule has 2 aromatic rings. The summed E-state index contributed by atoms with van der Waals surface area (Å²) < 4.78 is 10.7. The largest absolute Gasteiger partial charge is 0.497 e. The Bertz CT molecular complexity index is 795. The Hall–Kier alpha value is -2.02. The normalized spacial score (nSPS) is 14.7. The first-order valence-corrected chi connectivity index (χ1v) is 9.62. The first kappa shape index (κ1) is 19.7. The van der Waals surface area contributed by atoms with Gasteiger partial charge in [0.25, 0.3) is 0 Å². The zero-order chi connectivity index (χ0) is 19.2. The highest BCUT2D eigenvalue weighted by Crippen LogP contribution is 2.29. The standard InChI is InChI=1S/C20H24ClN3O2S/c1-25-17-6-7-18(19(13-17)26-2)22-20(27)24-10-8-23(9-11-24)14-15-4-3-5-16(21)12-15/h3-7,12-13H,8-11,14H2,1-2H3,(H,22,27). The van der Waals surface area contributed by atoms with Crippen molar-refractivity contribution in [3.05, 3.63) is 53.1 Å². The van der Waals surface area contributed by atoms with Gasteiger partial charge in [0, 0.05) is 43.8 Å². The van der Waals surface area contributed by atoms with Crippen molar-refractivity contribution in [3.63, 3.8) is 0 Å². The van der Waals surface area contributed by atoms with Crippen LogP contribution in [0.2, 0.25) is 5.02 Å². The molecule has 0 aromatic heterocycles. The van der Waals surface area contributed by atoms with Crippen LogP contribution in [0.15, 0.2) is 42.5 Å². The van der Waals surface area contributed by atoms with E-state index in [2.05, 4.69) is 21.2 Å². The molecule has 1 fully saturated rings. The topological polar surface area (TPSA) is 37.0 Å². The molecule has 0 saturated carbocycles. The predicted octanol–water partition coefficient (Wildman–Crippen LogP) is 3.87. The molecule has 0 unspecified atom stereocenters. The number of nitrogens with zero attached hydrogens (tertiary/aromatic N) is 2. The lowest BCUT2D eigenvalue weighted by Gasteiger charge is -2.36. The van der Waals surface area contributed by atoms with Gasteiger partial charge >= 0.3 is 0 Å². The van der Waals surface area contributed by atoms with E-state index in [1.807, 2.05) is 36.4 Å². The second kappa shape index (κ2) is 9.26. The van der Waals surface area contributed by atoms with Crippen LogP contribution in [0.25, 0.3) is 0 Å². The number of ether oxygens (including phenoxy) is 2. The third kappa shape index (κ3) is 5.25. The van der Waals surface area contributed by atoms with E-state index in [-0.39, 0.29) is 0 Å². The van der Waals surface area contributed by atoms with Crippen LogP contribution in [0.3, 0.4) is 0 Å². The van der Waals surface area contributed by atoms with Gasteiger partial charge in [-0.05, 0) is 42.0 Å². The first-order chi connectivity index (χ1) is 13.1. The maximum atomic E-state index is 6.08. The van der Waals surface area contributed by atoms with E-state index in [4.69, 9.17) is 33.3 Å². The van der Waals surface area contributed by atoms with Crippen molar-refractivity contribution in [2.24, 2.45) is 0 Å². The van der Waals surface area contributed by atoms with E-state index < -0.39 is 0 Å². The molecule has 1 saturated heterocycles. The minimum atomic E-state index is 0.705. The van der Waals surface area contributed by atoms with E-state index in [1.165, 1.54) is 5.56 Å². The molecule has 3 rings (SSSR count). The molecule has 0 amide bonds. The highest BCUT2D eigenvalue weighted by atomic mass is 35.5. The number of nitrogens with one attached hydrogen (secondary N) is 1. The van der Waals surface area contributed by atoms with Gasteiger partial charge in [0.15, 0.2) is 5.11 Å². The molecular formula is C20H24ClN3O2S. The van der Waals surface area contributed by atoms with Gasteiger partial charge in [-0.2, -0.15) is 0 Å². The van der Waals surface area contributed by atoms with Crippen LogP contribution in [0.1, 0.15) is 5.56 Å². The number of piperazine rings is 1. The molecule has 0 atom stereocenters. The Morgan fingerprint density at radius 3 is 2.52 bits per heavy atom. The smallest absolute Gasteiger partial charge is 0.173 e. The third-order valence-electron chi connectivity index (χ3n) is 4.61. The number of thiocarbonyl (C=S) groups is 1. The van der Waals surface area contributed by atoms with E-state index in [0.717, 1.165) is 49.2 Å². The lowest BCUT2D eigenvalue weighted by molar-refractivity contribution is 0.177. The number of methoxy groups -OCH3 is 2. The van der Waals surface area contributed by atoms with Gasteiger partial charge in [-0.3, -0.25) is 4.90 Å². The maximum Gasteiger partial charge on any atom is 0.173 e. The Morgan fingerprint density at radius 2 is 1.85 bits per heavy atom. The monoisotopic (exact) mass is 405 g/mol. The average Bonchev–Trinajstić information content (AvgIpc) is 2.69. The van der Waals surface area contributed by atoms with E-state index >= 15 is 0 Å². The molecule has 0 bridgehead atoms. The summed E-state index contributed by atoms with van der Waals surface area (Å²) in [4.78, 5) is 4.60. The Morgan fingerprint density at radius 1 is 1.07 bits per heavy atom. The first-order valence-electron chi connectivity index (χ1n) is 8.84. The van der Waals surface area contributed by atoms with Gasteiger partial charge in [-0.1, -0.05) is 23.7 Å². The molecule has 1 aliphatic heterocycles. The molecule has 0 radical (unpaired) electrons. The minimum absolute atomic E-state index is 0.705. The molecule has 1 heterocycles. The highest BCUT2D eigenvalue weighted by Gasteiger charge is 2.20. The number of hydrogen-bond donors (Lipinski definition) is 1. The van der Waals surface area contributed by atoms with Crippen LogP contribution < -0.4 is 14.8 Å². The van der Waals surface area contributed by atoms with Crippen molar-refractivity contribution in [2.45, 2.75) is 6.54 Å². The molecule has 2 aromatic carbocycles. The number of halogens is 1. The van der Waals surface area contributed by atoms with Crippen LogP contribution in [0.4, 0.5) is 5.69 Å². The zero-order valence-corrected chi connectivity index (χ0v) is 17.1. The SMILES string of the molecule is COc1ccc(NC(=S)N2CCN(Cc3cccc(Cl)c3)CC2)c(OC)c1. The van der Waals surface area contributed by atoms with Gasteiger partial charge in [0.2, 0.25) is 0 Å². The van der Waals surface area contributed by atoms with E-state index in [0.29, 0.717) is 10.9 Å². The maximum absolute atomic E-state index is 6.08. The Balaban J connectivity index is 1.54. The molecule has 144 valence electrons. The fraction of sp³-hybridized carbons (Fsp3) is 0.350. The Labute approximate surface area is 170 Å². The summed E-state index contributed by atoms with van der Waals surface area (Å²) in [5.41, 5.74) is 2.07. The van der Waals surface area contributed by atoms with Crippen molar-refractivity contribution in [1.82, 2.24) is 9.80 Å². The Kier molecular flexibility index (Phi) is 6.77. The molecule has 1 N–H and O–H groups in total. The van der Waals surface area contributed by atoms with Crippen molar-refractivity contribution in [2.75, 3.05) is 45.7 Å². The van der Waals surface area contributed by atoms with Crippen LogP contribution in [0.5, 0.6) is 11.5 Å². The number of benzene rings is 2. The quantitative estimate of drug-likeness (QED) is 0.761. The van der Waals surface area contributed by atoms with Gasteiger partial charge in [0.1, 0.15) is 11.5 Å². The van der Waals surface area contributed by atoms with Gasteiger partial charge in [-0.15, -0.1) is 0 Å². The summed E-state index contributed by atoms with van der Waals surface area (Å²) in [5.74, 6) is 1.45. The lowest BCUT2D eigenvalue weighted by Crippen LogP contribution is -2.49. The second-order valence-electron chi connectivity index (χ2n) is 6.39. The zero-order valence-electron chi connectivity index (χ0n) is 15.6. The summed E-state index contributed by atoms with van der Waals surface area (Å²) in [6, 6.07) is 13.7. The van der Waals surface area contributed by atoms with Crippen molar-refractivity contribution < 1.29 is 9.47 Å². The van der Waals surface area contributed by atoms with E-state index in [1.54, 1.807) is 14.2 Å². The lowest BCUT2D eigenvalue weighted by atomic mass is 10.2. The van der Waals surface area contributed by atoms with Crippen LogP contribution in [-0.2, 0) is 6.54 Å². The molecule has 7 heteroatoms. The molecule has 5 nitrogen and oxygen atoms in total. The molecular weight excluding hydrogens is 382 g/mol. The summed E-state index contributed by atoms with van der Waals surface area (Å²) in [6.07, 6.45) is 0. The number of rotatable bonds is 5. The fourth-order valence-corrected chi connectivity index (χ4v) is 3.60. The van der Waals surface area contributed by atoms with Crippen LogP contribution in [0, 0.1) is 0 Å². The summed E-state index contributed by atoms with van der Waals surface area (Å²) >= 11 is 11.7. The minimum Gasteiger partial charge on any atom is -0.497 e. The van der Waals surface area contributed by atoms with Gasteiger partial charge in [0.05, 0.1) is 19.9 Å². The fourth-order valence-electron chi connectivity index (χ4n) is 3.10. The van der Waals surface area contributed by atoms with Gasteiger partial charge < -0.3 is 19.7 Å².